The first-order chi connectivity index (χ1) is 36.1. The zero-order valence-corrected chi connectivity index (χ0v) is 39.4. The molecule has 0 radical (unpaired) electrons. The van der Waals surface area contributed by atoms with Gasteiger partial charge in [-0.1, -0.05) is 85.3 Å². The lowest BCUT2D eigenvalue weighted by Crippen LogP contribution is -2.75. The summed E-state index contributed by atoms with van der Waals surface area (Å²) in [7, 11) is 0. The average molecular weight is 1160 g/mol. The van der Waals surface area contributed by atoms with Crippen molar-refractivity contribution in [3.8, 4) is 0 Å². The third-order valence-corrected chi connectivity index (χ3v) is 12.6. The summed E-state index contributed by atoms with van der Waals surface area (Å²) >= 11 is 0. The van der Waals surface area contributed by atoms with E-state index in [2.05, 4.69) is 12.1 Å². The van der Waals surface area contributed by atoms with Gasteiger partial charge in [-0.05, 0) is 56.0 Å². The minimum absolute atomic E-state index is 0.0895. The van der Waals surface area contributed by atoms with E-state index in [0.717, 1.165) is 25.7 Å². The van der Waals surface area contributed by atoms with Gasteiger partial charge in [0, 0.05) is 17.7 Å². The van der Waals surface area contributed by atoms with Crippen molar-refractivity contribution < 1.29 is 119 Å². The van der Waals surface area contributed by atoms with Crippen LogP contribution in [-0.2, 0) is 60.7 Å². The fraction of sp³-hybridized carbons (Fsp3) is 0.294. The molecule has 1 aromatic heterocycles. The molecule has 6 aromatic rings. The summed E-state index contributed by atoms with van der Waals surface area (Å²) in [6.07, 6.45) is -47.2. The number of carbonyl (C=O) groups excluding carboxylic acids is 1. The van der Waals surface area contributed by atoms with E-state index in [-0.39, 0.29) is 12.1 Å². The first kappa shape index (κ1) is 61.3. The number of carbonyl (C=O) groups is 1. The monoisotopic (exact) mass is 1160 g/mol. The van der Waals surface area contributed by atoms with Gasteiger partial charge in [0.1, 0.15) is 12.2 Å². The van der Waals surface area contributed by atoms with Crippen LogP contribution in [0.25, 0.3) is 0 Å². The fourth-order valence-corrected chi connectivity index (χ4v) is 9.04. The Morgan fingerprint density at radius 1 is 0.392 bits per heavy atom. The van der Waals surface area contributed by atoms with Crippen molar-refractivity contribution in [2.75, 3.05) is 0 Å². The minimum Gasteiger partial charge on any atom is -0.454 e. The molecule has 1 aliphatic rings. The lowest BCUT2D eigenvalue weighted by Gasteiger charge is -2.46. The van der Waals surface area contributed by atoms with E-state index >= 15 is 0 Å². The van der Waals surface area contributed by atoms with Crippen LogP contribution in [0.5, 0.6) is 0 Å². The third-order valence-electron chi connectivity index (χ3n) is 12.6. The second-order valence-electron chi connectivity index (χ2n) is 18.1. The van der Waals surface area contributed by atoms with Crippen molar-refractivity contribution in [2.45, 2.75) is 94.2 Å². The minimum atomic E-state index is -6.13. The number of nitrogens with zero attached hydrogens (tertiary/aromatic N) is 1. The molecule has 426 valence electrons. The van der Waals surface area contributed by atoms with Crippen molar-refractivity contribution >= 4 is 34.0 Å². The van der Waals surface area contributed by atoms with Crippen molar-refractivity contribution in [3.63, 3.8) is 0 Å². The predicted octanol–water partition coefficient (Wildman–Crippen LogP) is 14.7. The van der Waals surface area contributed by atoms with E-state index in [1.54, 1.807) is 0 Å². The van der Waals surface area contributed by atoms with Crippen molar-refractivity contribution in [3.05, 3.63) is 183 Å². The number of benzene rings is 5. The Bertz CT molecular complexity index is 2690. The normalized spacial score (nSPS) is 14.6. The Balaban J connectivity index is 0.000000378. The topological polar surface area (TPSA) is 30.2 Å². The van der Waals surface area contributed by atoms with Gasteiger partial charge in [0.05, 0.1) is 44.5 Å². The smallest absolute Gasteiger partial charge is 0.416 e. The second kappa shape index (κ2) is 22.0. The number of hydrogen-bond acceptors (Lipinski definition) is 2. The number of halogens is 24. The highest BCUT2D eigenvalue weighted by atomic mass is 19.4. The van der Waals surface area contributed by atoms with Gasteiger partial charge in [0.2, 0.25) is 0 Å². The standard InChI is InChI=1S/C32H12BF24.C19H22NO2/c34-25(35,36)13-1-14(26(37,38)39)6-21(5-13)33(22-7-15(27(40,41)42)2-16(8-22)28(43,44)45,23-9-17(29(46,47)48)3-18(10-23)30(49,50)51)24-11-19(31(52,53)54)4-20(12-24)32(55,56)57;21-19(22-17-11-5-2-6-12-17)18-13-7-8-14-20(18)15-16-9-3-1-4-10-16/h1-12H;1,3-4,7-10,13-14,17H,2,5-6,11-12,15H2/q-1;+1. The van der Waals surface area contributed by atoms with Crippen LogP contribution in [0.15, 0.2) is 128 Å². The number of alkyl halides is 24. The SMILES string of the molecule is FC(F)(F)c1cc([B-](c2cc(C(F)(F)F)cc(C(F)(F)F)c2)(c2cc(C(F)(F)F)cc(C(F)(F)F)c2)c2cc(C(F)(F)F)cc(C(F)(F)F)c2)cc(C(F)(F)F)c1.O=C(OC1CCCCC1)c1cccc[n+]1Cc1ccccc1. The number of aromatic nitrogens is 1. The van der Waals surface area contributed by atoms with Crippen LogP contribution in [-0.4, -0.2) is 18.2 Å². The van der Waals surface area contributed by atoms with Gasteiger partial charge >= 0.3 is 55.4 Å². The number of esters is 1. The second-order valence-corrected chi connectivity index (χ2v) is 18.1. The molecular formula is C51H34BF24NO2. The van der Waals surface area contributed by atoms with Crippen LogP contribution in [0.3, 0.4) is 0 Å². The van der Waals surface area contributed by atoms with Crippen LogP contribution in [0.2, 0.25) is 0 Å². The first-order valence-electron chi connectivity index (χ1n) is 22.7. The lowest BCUT2D eigenvalue weighted by atomic mass is 9.12. The largest absolute Gasteiger partial charge is 0.454 e. The molecule has 0 unspecified atom stereocenters. The molecule has 0 amide bonds. The lowest BCUT2D eigenvalue weighted by molar-refractivity contribution is -0.690. The van der Waals surface area contributed by atoms with Crippen molar-refractivity contribution in [2.24, 2.45) is 0 Å². The summed E-state index contributed by atoms with van der Waals surface area (Å²) in [5.74, 6) is -0.205. The number of hydrogen-bond donors (Lipinski definition) is 0. The highest BCUT2D eigenvalue weighted by Gasteiger charge is 2.47. The maximum Gasteiger partial charge on any atom is 0.416 e. The van der Waals surface area contributed by atoms with Gasteiger partial charge in [-0.3, -0.25) is 0 Å². The van der Waals surface area contributed by atoms with E-state index < -0.39 is 195 Å². The van der Waals surface area contributed by atoms with Gasteiger partial charge in [-0.15, -0.1) is 0 Å². The van der Waals surface area contributed by atoms with Crippen LogP contribution in [0.4, 0.5) is 105 Å². The summed E-state index contributed by atoms with van der Waals surface area (Å²) in [5, 5.41) is 0. The molecule has 0 N–H and O–H groups in total. The van der Waals surface area contributed by atoms with Crippen LogP contribution in [0, 0.1) is 0 Å². The number of rotatable bonds is 8. The Labute approximate surface area is 430 Å². The number of pyridine rings is 1. The molecule has 0 atom stereocenters. The maximum atomic E-state index is 14.2. The van der Waals surface area contributed by atoms with Crippen molar-refractivity contribution in [1.82, 2.24) is 0 Å². The summed E-state index contributed by atoms with van der Waals surface area (Å²) in [5.41, 5.74) is -28.4. The van der Waals surface area contributed by atoms with Gasteiger partial charge in [0.15, 0.2) is 12.7 Å². The zero-order valence-electron chi connectivity index (χ0n) is 39.4. The highest BCUT2D eigenvalue weighted by molar-refractivity contribution is 7.20. The maximum absolute atomic E-state index is 14.2. The number of ether oxygens (including phenoxy) is 1. The van der Waals surface area contributed by atoms with Gasteiger partial charge in [0.25, 0.3) is 5.69 Å². The van der Waals surface area contributed by atoms with Gasteiger partial charge in [-0.25, -0.2) is 4.79 Å². The predicted molar refractivity (Wildman–Crippen MR) is 235 cm³/mol. The molecule has 1 heterocycles. The molecule has 1 aliphatic carbocycles. The third kappa shape index (κ3) is 14.7. The molecule has 79 heavy (non-hydrogen) atoms. The molecule has 7 rings (SSSR count). The van der Waals surface area contributed by atoms with Crippen LogP contribution >= 0.6 is 0 Å². The molecule has 1 saturated carbocycles. The van der Waals surface area contributed by atoms with Gasteiger partial charge < -0.3 is 4.74 Å². The van der Waals surface area contributed by atoms with E-state index in [4.69, 9.17) is 4.74 Å². The molecule has 0 saturated heterocycles. The molecule has 1 fully saturated rings. The molecule has 0 bridgehead atoms. The summed E-state index contributed by atoms with van der Waals surface area (Å²) in [6, 6.07) is 7.02. The Hall–Kier alpha value is -6.90. The highest BCUT2D eigenvalue weighted by Crippen LogP contribution is 2.41. The molecule has 28 heteroatoms. The molecule has 0 aliphatic heterocycles. The van der Waals surface area contributed by atoms with Crippen molar-refractivity contribution in [1.29, 1.82) is 0 Å². The summed E-state index contributed by atoms with van der Waals surface area (Å²) in [4.78, 5) is 12.5. The molecule has 5 aromatic carbocycles. The molecule has 3 nitrogen and oxygen atoms in total. The van der Waals surface area contributed by atoms with E-state index in [0.29, 0.717) is 12.2 Å². The quantitative estimate of drug-likeness (QED) is 0.0658. The fourth-order valence-electron chi connectivity index (χ4n) is 9.04. The average Bonchev–Trinajstić information content (AvgIpc) is 3.54. The Morgan fingerprint density at radius 2 is 0.671 bits per heavy atom. The zero-order chi connectivity index (χ0) is 59.1. The van der Waals surface area contributed by atoms with E-state index in [1.807, 2.05) is 47.2 Å². The Morgan fingerprint density at radius 3 is 0.949 bits per heavy atom. The Kier molecular flexibility index (Phi) is 17.1. The first-order valence-corrected chi connectivity index (χ1v) is 22.7. The van der Waals surface area contributed by atoms with Gasteiger partial charge in [-0.2, -0.15) is 132 Å². The van der Waals surface area contributed by atoms with E-state index in [9.17, 15) is 110 Å². The summed E-state index contributed by atoms with van der Waals surface area (Å²) < 4.78 is 348. The molecule has 0 spiro atoms. The van der Waals surface area contributed by atoms with Crippen LogP contribution < -0.4 is 26.4 Å². The molecular weight excluding hydrogens is 1130 g/mol. The van der Waals surface area contributed by atoms with E-state index in [1.165, 1.54) is 12.0 Å². The summed E-state index contributed by atoms with van der Waals surface area (Å²) in [6.45, 7) is 0.677. The van der Waals surface area contributed by atoms with Crippen LogP contribution in [0.1, 0.15) is 92.7 Å².